The predicted octanol–water partition coefficient (Wildman–Crippen LogP) is 2.58. The molecule has 1 amide bonds. The first-order valence-electron chi connectivity index (χ1n) is 6.03. The highest BCUT2D eigenvalue weighted by atomic mass is 32.1. The number of amides is 1. The van der Waals surface area contributed by atoms with Crippen molar-refractivity contribution < 1.29 is 9.18 Å². The number of thiocarbonyl (C=S) groups is 1. The molecule has 2 rings (SSSR count). The van der Waals surface area contributed by atoms with Gasteiger partial charge in [-0.25, -0.2) is 4.39 Å². The van der Waals surface area contributed by atoms with E-state index in [9.17, 15) is 9.18 Å². The van der Waals surface area contributed by atoms with Gasteiger partial charge < -0.3 is 10.2 Å². The van der Waals surface area contributed by atoms with Crippen LogP contribution >= 0.6 is 12.2 Å². The summed E-state index contributed by atoms with van der Waals surface area (Å²) in [6, 6.07) is 6.07. The zero-order chi connectivity index (χ0) is 13.0. The third kappa shape index (κ3) is 3.04. The fourth-order valence-electron chi connectivity index (χ4n) is 1.98. The Morgan fingerprint density at radius 3 is 2.56 bits per heavy atom. The molecule has 5 heteroatoms. The SMILES string of the molecule is O=C(Nc1ccccc1F)C(=S)N1CCCCC1. The van der Waals surface area contributed by atoms with Crippen molar-refractivity contribution in [3.8, 4) is 0 Å². The van der Waals surface area contributed by atoms with Gasteiger partial charge in [-0.1, -0.05) is 24.4 Å². The first-order valence-corrected chi connectivity index (χ1v) is 6.44. The molecule has 0 radical (unpaired) electrons. The average Bonchev–Trinajstić information content (AvgIpc) is 2.41. The Morgan fingerprint density at radius 2 is 1.89 bits per heavy atom. The number of rotatable bonds is 1. The van der Waals surface area contributed by atoms with Crippen LogP contribution in [0.4, 0.5) is 10.1 Å². The average molecular weight is 266 g/mol. The number of carbonyl (C=O) groups is 1. The van der Waals surface area contributed by atoms with Crippen LogP contribution in [-0.4, -0.2) is 28.9 Å². The lowest BCUT2D eigenvalue weighted by Crippen LogP contribution is -2.41. The second-order valence-corrected chi connectivity index (χ2v) is 4.67. The lowest BCUT2D eigenvalue weighted by Gasteiger charge is -2.28. The van der Waals surface area contributed by atoms with Crippen LogP contribution in [0.2, 0.25) is 0 Å². The van der Waals surface area contributed by atoms with E-state index in [2.05, 4.69) is 5.32 Å². The first-order chi connectivity index (χ1) is 8.68. The summed E-state index contributed by atoms with van der Waals surface area (Å²) < 4.78 is 13.4. The van der Waals surface area contributed by atoms with Crippen molar-refractivity contribution in [1.82, 2.24) is 4.90 Å². The summed E-state index contributed by atoms with van der Waals surface area (Å²) in [5.41, 5.74) is 0.168. The van der Waals surface area contributed by atoms with E-state index in [1.165, 1.54) is 18.6 Å². The zero-order valence-electron chi connectivity index (χ0n) is 9.99. The van der Waals surface area contributed by atoms with Crippen LogP contribution < -0.4 is 5.32 Å². The number of benzene rings is 1. The second kappa shape index (κ2) is 5.91. The smallest absolute Gasteiger partial charge is 0.283 e. The molecule has 96 valence electrons. The van der Waals surface area contributed by atoms with E-state index < -0.39 is 11.7 Å². The van der Waals surface area contributed by atoms with Crippen molar-refractivity contribution in [3.05, 3.63) is 30.1 Å². The van der Waals surface area contributed by atoms with E-state index in [4.69, 9.17) is 12.2 Å². The maximum absolute atomic E-state index is 13.4. The van der Waals surface area contributed by atoms with Gasteiger partial charge in [-0.05, 0) is 31.4 Å². The molecule has 1 fully saturated rings. The molecule has 0 aliphatic carbocycles. The van der Waals surface area contributed by atoms with Gasteiger partial charge in [0, 0.05) is 13.1 Å². The van der Waals surface area contributed by atoms with Crippen LogP contribution in [-0.2, 0) is 4.79 Å². The van der Waals surface area contributed by atoms with E-state index in [-0.39, 0.29) is 10.7 Å². The highest BCUT2D eigenvalue weighted by Gasteiger charge is 2.20. The van der Waals surface area contributed by atoms with Crippen LogP contribution in [0.15, 0.2) is 24.3 Å². The number of nitrogens with one attached hydrogen (secondary N) is 1. The maximum atomic E-state index is 13.4. The minimum absolute atomic E-state index is 0.168. The molecule has 1 saturated heterocycles. The molecule has 0 spiro atoms. The quantitative estimate of drug-likeness (QED) is 0.793. The number of nitrogens with zero attached hydrogens (tertiary/aromatic N) is 1. The molecular formula is C13H15FN2OS. The Bertz CT molecular complexity index is 458. The van der Waals surface area contributed by atoms with Crippen molar-refractivity contribution in [3.63, 3.8) is 0 Å². The Balaban J connectivity index is 1.99. The molecule has 0 bridgehead atoms. The molecule has 1 heterocycles. The van der Waals surface area contributed by atoms with E-state index in [1.54, 1.807) is 12.1 Å². The summed E-state index contributed by atoms with van der Waals surface area (Å²) in [4.78, 5) is 14.0. The molecule has 18 heavy (non-hydrogen) atoms. The van der Waals surface area contributed by atoms with Gasteiger partial charge in [0.25, 0.3) is 5.91 Å². The van der Waals surface area contributed by atoms with Gasteiger partial charge in [0.2, 0.25) is 0 Å². The van der Waals surface area contributed by atoms with Gasteiger partial charge >= 0.3 is 0 Å². The van der Waals surface area contributed by atoms with Crippen molar-refractivity contribution in [2.45, 2.75) is 19.3 Å². The summed E-state index contributed by atoms with van der Waals surface area (Å²) in [6.45, 7) is 1.62. The monoisotopic (exact) mass is 266 g/mol. The van der Waals surface area contributed by atoms with Crippen molar-refractivity contribution in [2.75, 3.05) is 18.4 Å². The number of carbonyl (C=O) groups excluding carboxylic acids is 1. The summed E-state index contributed by atoms with van der Waals surface area (Å²) in [6.07, 6.45) is 3.27. The van der Waals surface area contributed by atoms with Gasteiger partial charge in [-0.3, -0.25) is 4.79 Å². The molecule has 0 aromatic heterocycles. The van der Waals surface area contributed by atoms with Crippen LogP contribution in [0, 0.1) is 5.82 Å². The van der Waals surface area contributed by atoms with Crippen LogP contribution in [0.1, 0.15) is 19.3 Å². The minimum Gasteiger partial charge on any atom is -0.358 e. The number of hydrogen-bond donors (Lipinski definition) is 1. The topological polar surface area (TPSA) is 32.3 Å². The summed E-state index contributed by atoms with van der Waals surface area (Å²) in [5.74, 6) is -0.857. The third-order valence-corrected chi connectivity index (χ3v) is 3.40. The first kappa shape index (κ1) is 13.0. The fourth-order valence-corrected chi connectivity index (χ4v) is 2.21. The van der Waals surface area contributed by atoms with Gasteiger partial charge in [0.05, 0.1) is 5.69 Å². The molecule has 1 aromatic rings. The molecule has 0 unspecified atom stereocenters. The molecule has 0 saturated carbocycles. The Labute approximate surface area is 111 Å². The Morgan fingerprint density at radius 1 is 1.22 bits per heavy atom. The van der Waals surface area contributed by atoms with E-state index in [1.807, 2.05) is 4.90 Å². The number of likely N-dealkylation sites (tertiary alicyclic amines) is 1. The molecule has 0 atom stereocenters. The van der Waals surface area contributed by atoms with Gasteiger partial charge in [-0.15, -0.1) is 0 Å². The van der Waals surface area contributed by atoms with Crippen LogP contribution in [0.3, 0.4) is 0 Å². The van der Waals surface area contributed by atoms with E-state index in [0.717, 1.165) is 25.9 Å². The van der Waals surface area contributed by atoms with Crippen molar-refractivity contribution in [1.29, 1.82) is 0 Å². The lowest BCUT2D eigenvalue weighted by atomic mass is 10.1. The van der Waals surface area contributed by atoms with Crippen LogP contribution in [0.25, 0.3) is 0 Å². The standard InChI is InChI=1S/C13H15FN2OS/c14-10-6-2-3-7-11(10)15-12(17)13(18)16-8-4-1-5-9-16/h2-3,6-7H,1,4-5,8-9H2,(H,15,17). The molecule has 1 aromatic carbocycles. The fraction of sp³-hybridized carbons (Fsp3) is 0.385. The summed E-state index contributed by atoms with van der Waals surface area (Å²) >= 11 is 5.13. The van der Waals surface area contributed by atoms with Crippen molar-refractivity contribution in [2.24, 2.45) is 0 Å². The highest BCUT2D eigenvalue weighted by Crippen LogP contribution is 2.14. The van der Waals surface area contributed by atoms with Gasteiger partial charge in [0.15, 0.2) is 4.99 Å². The largest absolute Gasteiger partial charge is 0.358 e. The number of piperidine rings is 1. The Hall–Kier alpha value is -1.49. The van der Waals surface area contributed by atoms with E-state index in [0.29, 0.717) is 0 Å². The molecule has 3 nitrogen and oxygen atoms in total. The van der Waals surface area contributed by atoms with E-state index >= 15 is 0 Å². The van der Waals surface area contributed by atoms with Crippen LogP contribution in [0.5, 0.6) is 0 Å². The van der Waals surface area contributed by atoms with Crippen molar-refractivity contribution >= 4 is 28.8 Å². The Kier molecular flexibility index (Phi) is 4.25. The molecule has 1 aliphatic heterocycles. The number of anilines is 1. The molecule has 1 aliphatic rings. The number of hydrogen-bond acceptors (Lipinski definition) is 2. The normalized spacial score (nSPS) is 15.3. The molecular weight excluding hydrogens is 251 g/mol. The number of para-hydroxylation sites is 1. The van der Waals surface area contributed by atoms with Gasteiger partial charge in [-0.2, -0.15) is 0 Å². The van der Waals surface area contributed by atoms with Gasteiger partial charge in [0.1, 0.15) is 5.82 Å². The summed E-state index contributed by atoms with van der Waals surface area (Å²) in [7, 11) is 0. The number of halogens is 1. The highest BCUT2D eigenvalue weighted by molar-refractivity contribution is 7.82. The predicted molar refractivity (Wildman–Crippen MR) is 73.1 cm³/mol. The minimum atomic E-state index is -0.452. The zero-order valence-corrected chi connectivity index (χ0v) is 10.8. The maximum Gasteiger partial charge on any atom is 0.283 e. The lowest BCUT2D eigenvalue weighted by molar-refractivity contribution is -0.110. The second-order valence-electron chi connectivity index (χ2n) is 4.29. The summed E-state index contributed by atoms with van der Waals surface area (Å²) in [5, 5.41) is 2.51. The molecule has 1 N–H and O–H groups in total. The third-order valence-electron chi connectivity index (χ3n) is 2.96.